The molecular weight excluding hydrogens is 437 g/mol. The smallest absolute Gasteiger partial charge is 0.355 e. The first-order valence-corrected chi connectivity index (χ1v) is 9.57. The normalized spacial score (nSPS) is 17.1. The van der Waals surface area contributed by atoms with Crippen LogP contribution in [0.1, 0.15) is 17.5 Å². The minimum atomic E-state index is -4.44. The quantitative estimate of drug-likeness (QED) is 0.688. The highest BCUT2D eigenvalue weighted by molar-refractivity contribution is 9.10. The fraction of sp³-hybridized carbons (Fsp3) is 0.300. The number of carbonyl (C=O) groups is 2. The van der Waals surface area contributed by atoms with Crippen molar-refractivity contribution < 1.29 is 22.8 Å². The molecule has 3 rings (SSSR count). The molecule has 0 saturated carbocycles. The van der Waals surface area contributed by atoms with Crippen molar-refractivity contribution in [3.05, 3.63) is 64.1 Å². The van der Waals surface area contributed by atoms with Crippen LogP contribution in [0.5, 0.6) is 0 Å². The van der Waals surface area contributed by atoms with Crippen molar-refractivity contribution in [1.82, 2.24) is 5.32 Å². The zero-order valence-corrected chi connectivity index (χ0v) is 16.4. The molecule has 1 unspecified atom stereocenters. The Morgan fingerprint density at radius 3 is 2.54 bits per heavy atom. The second kappa shape index (κ2) is 8.34. The van der Waals surface area contributed by atoms with Gasteiger partial charge in [-0.3, -0.25) is 9.59 Å². The highest BCUT2D eigenvalue weighted by Gasteiger charge is 2.38. The summed E-state index contributed by atoms with van der Waals surface area (Å²) in [6.45, 7) is 0.446. The number of rotatable bonds is 5. The average Bonchev–Trinajstić information content (AvgIpc) is 3.03. The van der Waals surface area contributed by atoms with Gasteiger partial charge in [-0.05, 0) is 52.5 Å². The number of amides is 2. The molecule has 0 aromatic heterocycles. The summed E-state index contributed by atoms with van der Waals surface area (Å²) in [6, 6.07) is 12.5. The number of hydrogen-bond acceptors (Lipinski definition) is 2. The van der Waals surface area contributed by atoms with Gasteiger partial charge in [-0.15, -0.1) is 0 Å². The number of para-hydroxylation sites is 1. The van der Waals surface area contributed by atoms with Crippen LogP contribution in [0, 0.1) is 5.92 Å². The summed E-state index contributed by atoms with van der Waals surface area (Å²) < 4.78 is 39.8. The van der Waals surface area contributed by atoms with Gasteiger partial charge in [0.15, 0.2) is 0 Å². The van der Waals surface area contributed by atoms with Gasteiger partial charge in [0.05, 0.1) is 11.3 Å². The standard InChI is InChI=1S/C20H18BrF3N2O2/c21-16-7-3-4-8-17(16)26-12-10-14(19(26)28)18(27)25-11-9-13-5-1-2-6-15(13)20(22,23)24/h1-8,14H,9-12H2,(H,25,27). The van der Waals surface area contributed by atoms with E-state index in [1.54, 1.807) is 17.0 Å². The molecule has 1 aliphatic heterocycles. The molecule has 148 valence electrons. The second-order valence-electron chi connectivity index (χ2n) is 6.48. The Labute approximate surface area is 168 Å². The topological polar surface area (TPSA) is 49.4 Å². The van der Waals surface area contributed by atoms with Gasteiger partial charge < -0.3 is 10.2 Å². The number of carbonyl (C=O) groups excluding carboxylic acids is 2. The van der Waals surface area contributed by atoms with E-state index in [0.29, 0.717) is 18.7 Å². The van der Waals surface area contributed by atoms with Crippen LogP contribution in [0.15, 0.2) is 53.0 Å². The lowest BCUT2D eigenvalue weighted by Gasteiger charge is -2.18. The SMILES string of the molecule is O=C(NCCc1ccccc1C(F)(F)F)C1CCN(c2ccccc2Br)C1=O. The van der Waals surface area contributed by atoms with E-state index in [9.17, 15) is 22.8 Å². The molecule has 0 spiro atoms. The van der Waals surface area contributed by atoms with E-state index in [4.69, 9.17) is 0 Å². The molecule has 1 atom stereocenters. The van der Waals surface area contributed by atoms with E-state index in [-0.39, 0.29) is 24.4 Å². The summed E-state index contributed by atoms with van der Waals surface area (Å²) in [5, 5.41) is 2.60. The maximum absolute atomic E-state index is 13.0. The Kier molecular flexibility index (Phi) is 6.07. The van der Waals surface area contributed by atoms with Crippen LogP contribution in [0.3, 0.4) is 0 Å². The van der Waals surface area contributed by atoms with Gasteiger partial charge in [0.2, 0.25) is 11.8 Å². The lowest BCUT2D eigenvalue weighted by Crippen LogP contribution is -2.37. The molecule has 0 radical (unpaired) electrons. The van der Waals surface area contributed by atoms with Crippen molar-refractivity contribution in [1.29, 1.82) is 0 Å². The maximum atomic E-state index is 13.0. The lowest BCUT2D eigenvalue weighted by atomic mass is 10.0. The zero-order valence-electron chi connectivity index (χ0n) is 14.8. The molecule has 2 aromatic rings. The van der Waals surface area contributed by atoms with Gasteiger partial charge in [-0.1, -0.05) is 30.3 Å². The minimum absolute atomic E-state index is 0.0325. The molecule has 1 saturated heterocycles. The van der Waals surface area contributed by atoms with E-state index in [1.807, 2.05) is 12.1 Å². The number of benzene rings is 2. The summed E-state index contributed by atoms with van der Waals surface area (Å²) in [7, 11) is 0. The van der Waals surface area contributed by atoms with Gasteiger partial charge in [0.1, 0.15) is 5.92 Å². The van der Waals surface area contributed by atoms with Crippen molar-refractivity contribution >= 4 is 33.4 Å². The van der Waals surface area contributed by atoms with E-state index >= 15 is 0 Å². The van der Waals surface area contributed by atoms with Crippen molar-refractivity contribution in [3.63, 3.8) is 0 Å². The molecule has 1 aliphatic rings. The van der Waals surface area contributed by atoms with Crippen molar-refractivity contribution in [3.8, 4) is 0 Å². The molecule has 1 fully saturated rings. The molecular formula is C20H18BrF3N2O2. The van der Waals surface area contributed by atoms with Crippen LogP contribution < -0.4 is 10.2 Å². The van der Waals surface area contributed by atoms with Gasteiger partial charge in [0, 0.05) is 17.6 Å². The summed E-state index contributed by atoms with van der Waals surface area (Å²) >= 11 is 3.39. The first-order valence-electron chi connectivity index (χ1n) is 8.78. The fourth-order valence-corrected chi connectivity index (χ4v) is 3.79. The third-order valence-corrected chi connectivity index (χ3v) is 5.35. The first-order chi connectivity index (χ1) is 13.3. The number of hydrogen-bond donors (Lipinski definition) is 1. The van der Waals surface area contributed by atoms with E-state index < -0.39 is 23.6 Å². The first kappa shape index (κ1) is 20.4. The van der Waals surface area contributed by atoms with E-state index in [0.717, 1.165) is 10.5 Å². The number of anilines is 1. The lowest BCUT2D eigenvalue weighted by molar-refractivity contribution is -0.138. The molecule has 0 aliphatic carbocycles. The summed E-state index contributed by atoms with van der Waals surface area (Å²) in [4.78, 5) is 26.6. The van der Waals surface area contributed by atoms with Crippen LogP contribution in [-0.4, -0.2) is 24.9 Å². The highest BCUT2D eigenvalue weighted by Crippen LogP contribution is 2.33. The van der Waals surface area contributed by atoms with Crippen LogP contribution in [0.25, 0.3) is 0 Å². The number of alkyl halides is 3. The number of halogens is 4. The molecule has 1 heterocycles. The Hall–Kier alpha value is -2.35. The van der Waals surface area contributed by atoms with Crippen molar-refractivity contribution in [2.24, 2.45) is 5.92 Å². The minimum Gasteiger partial charge on any atom is -0.355 e. The Morgan fingerprint density at radius 1 is 1.14 bits per heavy atom. The zero-order chi connectivity index (χ0) is 20.3. The van der Waals surface area contributed by atoms with Gasteiger partial charge in [0.25, 0.3) is 0 Å². The van der Waals surface area contributed by atoms with Gasteiger partial charge in [-0.2, -0.15) is 13.2 Å². The molecule has 1 N–H and O–H groups in total. The summed E-state index contributed by atoms with van der Waals surface area (Å²) in [5.74, 6) is -1.59. The highest BCUT2D eigenvalue weighted by atomic mass is 79.9. The predicted molar refractivity (Wildman–Crippen MR) is 103 cm³/mol. The molecule has 8 heteroatoms. The molecule has 2 aromatic carbocycles. The monoisotopic (exact) mass is 454 g/mol. The number of nitrogens with zero attached hydrogens (tertiary/aromatic N) is 1. The number of nitrogens with one attached hydrogen (secondary N) is 1. The van der Waals surface area contributed by atoms with Crippen LogP contribution in [0.4, 0.5) is 18.9 Å². The van der Waals surface area contributed by atoms with E-state index in [2.05, 4.69) is 21.2 Å². The fourth-order valence-electron chi connectivity index (χ4n) is 3.29. The van der Waals surface area contributed by atoms with Crippen LogP contribution in [0.2, 0.25) is 0 Å². The molecule has 2 amide bonds. The van der Waals surface area contributed by atoms with Crippen molar-refractivity contribution in [2.75, 3.05) is 18.0 Å². The summed E-state index contributed by atoms with van der Waals surface area (Å²) in [5.41, 5.74) is 0.103. The third kappa shape index (κ3) is 4.38. The Morgan fingerprint density at radius 2 is 1.82 bits per heavy atom. The summed E-state index contributed by atoms with van der Waals surface area (Å²) in [6.07, 6.45) is -4.03. The Balaban J connectivity index is 1.60. The maximum Gasteiger partial charge on any atom is 0.416 e. The predicted octanol–water partition coefficient (Wildman–Crippen LogP) is 4.18. The Bertz CT molecular complexity index is 886. The molecule has 0 bridgehead atoms. The van der Waals surface area contributed by atoms with Gasteiger partial charge in [-0.25, -0.2) is 0 Å². The van der Waals surface area contributed by atoms with E-state index in [1.165, 1.54) is 18.2 Å². The molecule has 28 heavy (non-hydrogen) atoms. The van der Waals surface area contributed by atoms with Crippen molar-refractivity contribution in [2.45, 2.75) is 19.0 Å². The van der Waals surface area contributed by atoms with Crippen LogP contribution in [-0.2, 0) is 22.2 Å². The molecule has 4 nitrogen and oxygen atoms in total. The van der Waals surface area contributed by atoms with Crippen LogP contribution >= 0.6 is 15.9 Å². The average molecular weight is 455 g/mol. The van der Waals surface area contributed by atoms with Gasteiger partial charge >= 0.3 is 6.18 Å². The second-order valence-corrected chi connectivity index (χ2v) is 7.33. The third-order valence-electron chi connectivity index (χ3n) is 4.68. The largest absolute Gasteiger partial charge is 0.416 e.